The summed E-state index contributed by atoms with van der Waals surface area (Å²) in [7, 11) is 0. The Morgan fingerprint density at radius 1 is 1.60 bits per heavy atom. The van der Waals surface area contributed by atoms with Crippen molar-refractivity contribution in [1.82, 2.24) is 9.78 Å². The Labute approximate surface area is 89.1 Å². The van der Waals surface area contributed by atoms with E-state index in [1.165, 1.54) is 28.4 Å². The topological polar surface area (TPSA) is 78.0 Å². The van der Waals surface area contributed by atoms with Gasteiger partial charge < -0.3 is 5.73 Å². The van der Waals surface area contributed by atoms with Crippen LogP contribution < -0.4 is 5.73 Å². The van der Waals surface area contributed by atoms with E-state index < -0.39 is 5.91 Å². The second-order valence-electron chi connectivity index (χ2n) is 2.86. The van der Waals surface area contributed by atoms with Crippen molar-refractivity contribution in [2.75, 3.05) is 0 Å². The van der Waals surface area contributed by atoms with Crippen LogP contribution >= 0.6 is 11.3 Å². The van der Waals surface area contributed by atoms with Crippen LogP contribution in [0.1, 0.15) is 20.0 Å². The minimum Gasteiger partial charge on any atom is -0.366 e. The average molecular weight is 221 g/mol. The first-order valence-electron chi connectivity index (χ1n) is 4.09. The Morgan fingerprint density at radius 2 is 2.40 bits per heavy atom. The van der Waals surface area contributed by atoms with Crippen molar-refractivity contribution in [3.63, 3.8) is 0 Å². The van der Waals surface area contributed by atoms with Crippen LogP contribution in [0.2, 0.25) is 0 Å². The minimum absolute atomic E-state index is 0.342. The number of nitrogens with two attached hydrogens (primary N) is 1. The molecule has 2 aromatic rings. The quantitative estimate of drug-likeness (QED) is 0.780. The molecule has 0 radical (unpaired) electrons. The van der Waals surface area contributed by atoms with E-state index in [0.29, 0.717) is 10.4 Å². The maximum atomic E-state index is 10.8. The number of hydrogen-bond acceptors (Lipinski definition) is 4. The van der Waals surface area contributed by atoms with Gasteiger partial charge in [-0.3, -0.25) is 9.59 Å². The molecule has 0 saturated heterocycles. The van der Waals surface area contributed by atoms with Crippen LogP contribution in [-0.4, -0.2) is 22.0 Å². The molecule has 0 aliphatic heterocycles. The van der Waals surface area contributed by atoms with E-state index in [1.807, 2.05) is 0 Å². The first-order chi connectivity index (χ1) is 7.20. The Morgan fingerprint density at radius 3 is 2.93 bits per heavy atom. The molecule has 0 fully saturated rings. The highest BCUT2D eigenvalue weighted by molar-refractivity contribution is 7.12. The maximum Gasteiger partial charge on any atom is 0.251 e. The zero-order valence-corrected chi connectivity index (χ0v) is 8.40. The first kappa shape index (κ1) is 9.60. The summed E-state index contributed by atoms with van der Waals surface area (Å²) in [5, 5.41) is 5.74. The number of rotatable bonds is 3. The standard InChI is InChI=1S/C9H7N3O2S/c10-9(14)6-2-11-12(3-6)7-1-8(4-13)15-5-7/h1-5H,(H2,10,14). The van der Waals surface area contributed by atoms with Gasteiger partial charge in [0.05, 0.1) is 22.3 Å². The van der Waals surface area contributed by atoms with Crippen molar-refractivity contribution >= 4 is 23.5 Å². The van der Waals surface area contributed by atoms with Gasteiger partial charge in [0.25, 0.3) is 5.91 Å². The van der Waals surface area contributed by atoms with Crippen LogP contribution in [0.4, 0.5) is 0 Å². The van der Waals surface area contributed by atoms with E-state index in [4.69, 9.17) is 5.73 Å². The summed E-state index contributed by atoms with van der Waals surface area (Å²) in [6, 6.07) is 1.69. The van der Waals surface area contributed by atoms with E-state index in [1.54, 1.807) is 11.4 Å². The van der Waals surface area contributed by atoms with E-state index in [9.17, 15) is 9.59 Å². The highest BCUT2D eigenvalue weighted by Gasteiger charge is 2.06. The van der Waals surface area contributed by atoms with Crippen molar-refractivity contribution in [2.24, 2.45) is 5.73 Å². The first-order valence-corrected chi connectivity index (χ1v) is 4.97. The predicted molar refractivity (Wildman–Crippen MR) is 55.3 cm³/mol. The van der Waals surface area contributed by atoms with E-state index in [2.05, 4.69) is 5.10 Å². The molecular weight excluding hydrogens is 214 g/mol. The Bertz CT molecular complexity index is 515. The Hall–Kier alpha value is -1.95. The van der Waals surface area contributed by atoms with Gasteiger partial charge in [-0.15, -0.1) is 11.3 Å². The third-order valence-electron chi connectivity index (χ3n) is 1.85. The molecule has 0 aliphatic carbocycles. The summed E-state index contributed by atoms with van der Waals surface area (Å²) in [5.41, 5.74) is 6.18. The minimum atomic E-state index is -0.521. The molecule has 0 spiro atoms. The van der Waals surface area contributed by atoms with Crippen molar-refractivity contribution in [3.05, 3.63) is 34.3 Å². The Kier molecular flexibility index (Phi) is 2.34. The summed E-state index contributed by atoms with van der Waals surface area (Å²) < 4.78 is 1.50. The molecular formula is C9H7N3O2S. The molecule has 0 saturated carbocycles. The summed E-state index contributed by atoms with van der Waals surface area (Å²) in [6.07, 6.45) is 3.69. The lowest BCUT2D eigenvalue weighted by Crippen LogP contribution is -2.09. The zero-order chi connectivity index (χ0) is 10.8. The van der Waals surface area contributed by atoms with E-state index in [-0.39, 0.29) is 0 Å². The average Bonchev–Trinajstić information content (AvgIpc) is 2.86. The number of aromatic nitrogens is 2. The van der Waals surface area contributed by atoms with Gasteiger partial charge in [0.15, 0.2) is 6.29 Å². The normalized spacial score (nSPS) is 10.1. The van der Waals surface area contributed by atoms with Crippen LogP contribution in [0.15, 0.2) is 23.8 Å². The van der Waals surface area contributed by atoms with Crippen molar-refractivity contribution in [2.45, 2.75) is 0 Å². The number of carbonyl (C=O) groups excluding carboxylic acids is 2. The van der Waals surface area contributed by atoms with Crippen LogP contribution in [0.3, 0.4) is 0 Å². The summed E-state index contributed by atoms with van der Waals surface area (Å²) in [5.74, 6) is -0.521. The molecule has 2 N–H and O–H groups in total. The molecule has 1 amide bonds. The third-order valence-corrected chi connectivity index (χ3v) is 2.70. The third kappa shape index (κ3) is 1.79. The fourth-order valence-electron chi connectivity index (χ4n) is 1.12. The fourth-order valence-corrected chi connectivity index (χ4v) is 1.79. The molecule has 0 aliphatic rings. The lowest BCUT2D eigenvalue weighted by atomic mass is 10.3. The number of primary amides is 1. The number of hydrogen-bond donors (Lipinski definition) is 1. The summed E-state index contributed by atoms with van der Waals surface area (Å²) in [4.78, 5) is 21.9. The van der Waals surface area contributed by atoms with Crippen LogP contribution in [0.25, 0.3) is 5.69 Å². The molecule has 6 heteroatoms. The number of amides is 1. The number of nitrogens with zero attached hydrogens (tertiary/aromatic N) is 2. The van der Waals surface area contributed by atoms with Crippen molar-refractivity contribution < 1.29 is 9.59 Å². The van der Waals surface area contributed by atoms with Crippen molar-refractivity contribution in [3.8, 4) is 5.69 Å². The predicted octanol–water partition coefficient (Wildman–Crippen LogP) is 0.845. The number of carbonyl (C=O) groups is 2. The SMILES string of the molecule is NC(=O)c1cnn(-c2csc(C=O)c2)c1. The smallest absolute Gasteiger partial charge is 0.251 e. The highest BCUT2D eigenvalue weighted by Crippen LogP contribution is 2.16. The molecule has 76 valence electrons. The zero-order valence-electron chi connectivity index (χ0n) is 7.58. The second kappa shape index (κ2) is 3.66. The maximum absolute atomic E-state index is 10.8. The molecule has 15 heavy (non-hydrogen) atoms. The van der Waals surface area contributed by atoms with Gasteiger partial charge in [0.2, 0.25) is 0 Å². The molecule has 0 unspecified atom stereocenters. The fraction of sp³-hybridized carbons (Fsp3) is 0. The van der Waals surface area contributed by atoms with Gasteiger partial charge in [-0.05, 0) is 6.07 Å². The molecule has 2 heterocycles. The van der Waals surface area contributed by atoms with E-state index in [0.717, 1.165) is 12.0 Å². The lowest BCUT2D eigenvalue weighted by molar-refractivity contribution is 0.1000. The van der Waals surface area contributed by atoms with Gasteiger partial charge in [0, 0.05) is 11.6 Å². The van der Waals surface area contributed by atoms with Crippen LogP contribution in [0, 0.1) is 0 Å². The Balaban J connectivity index is 2.36. The van der Waals surface area contributed by atoms with Gasteiger partial charge in [-0.25, -0.2) is 4.68 Å². The number of thiophene rings is 1. The molecule has 2 aromatic heterocycles. The highest BCUT2D eigenvalue weighted by atomic mass is 32.1. The molecule has 0 bridgehead atoms. The number of aldehydes is 1. The second-order valence-corrected chi connectivity index (χ2v) is 3.81. The van der Waals surface area contributed by atoms with Gasteiger partial charge in [-0.1, -0.05) is 0 Å². The lowest BCUT2D eigenvalue weighted by Gasteiger charge is -1.93. The molecule has 0 atom stereocenters. The summed E-state index contributed by atoms with van der Waals surface area (Å²) >= 11 is 1.32. The molecule has 2 rings (SSSR count). The van der Waals surface area contributed by atoms with Gasteiger partial charge in [0.1, 0.15) is 0 Å². The van der Waals surface area contributed by atoms with E-state index >= 15 is 0 Å². The van der Waals surface area contributed by atoms with Gasteiger partial charge >= 0.3 is 0 Å². The molecule has 0 aromatic carbocycles. The monoisotopic (exact) mass is 221 g/mol. The largest absolute Gasteiger partial charge is 0.366 e. The van der Waals surface area contributed by atoms with Crippen LogP contribution in [0.5, 0.6) is 0 Å². The summed E-state index contributed by atoms with van der Waals surface area (Å²) in [6.45, 7) is 0. The van der Waals surface area contributed by atoms with Crippen LogP contribution in [-0.2, 0) is 0 Å². The van der Waals surface area contributed by atoms with Gasteiger partial charge in [-0.2, -0.15) is 5.10 Å². The van der Waals surface area contributed by atoms with Crippen molar-refractivity contribution in [1.29, 1.82) is 0 Å². The molecule has 5 nitrogen and oxygen atoms in total.